The van der Waals surface area contributed by atoms with Crippen LogP contribution in [-0.2, 0) is 0 Å². The molecular weight excluding hydrogens is 192 g/mol. The summed E-state index contributed by atoms with van der Waals surface area (Å²) in [6.07, 6.45) is 0.996. The van der Waals surface area contributed by atoms with Gasteiger partial charge in [0.25, 0.3) is 0 Å². The molecule has 82 valence electrons. The Labute approximate surface area is 89.2 Å². The third kappa shape index (κ3) is 1.98. The van der Waals surface area contributed by atoms with Crippen LogP contribution < -0.4 is 5.32 Å². The maximum Gasteiger partial charge on any atom is 0.318 e. The van der Waals surface area contributed by atoms with E-state index in [4.69, 9.17) is 4.42 Å². The number of furan rings is 1. The Balaban J connectivity index is 2.12. The van der Waals surface area contributed by atoms with E-state index < -0.39 is 0 Å². The summed E-state index contributed by atoms with van der Waals surface area (Å²) in [5, 5.41) is 2.83. The van der Waals surface area contributed by atoms with Gasteiger partial charge in [-0.3, -0.25) is 0 Å². The van der Waals surface area contributed by atoms with Crippen LogP contribution in [0.25, 0.3) is 0 Å². The van der Waals surface area contributed by atoms with E-state index in [2.05, 4.69) is 5.32 Å². The summed E-state index contributed by atoms with van der Waals surface area (Å²) in [5.41, 5.74) is 0. The van der Waals surface area contributed by atoms with Crippen molar-refractivity contribution in [1.82, 2.24) is 10.2 Å². The van der Waals surface area contributed by atoms with Gasteiger partial charge >= 0.3 is 6.03 Å². The molecule has 2 heterocycles. The standard InChI is InChI=1S/C11H16N2O2/c1-8-4-5-10(15-8)9(2)13-7-3-6-12-11(13)14/h4-5,9H,3,6-7H2,1-2H3,(H,12,14). The molecule has 1 aromatic rings. The van der Waals surface area contributed by atoms with E-state index in [0.29, 0.717) is 0 Å². The largest absolute Gasteiger partial charge is 0.464 e. The molecule has 1 atom stereocenters. The number of carbonyl (C=O) groups is 1. The zero-order valence-electron chi connectivity index (χ0n) is 9.12. The molecule has 0 aromatic carbocycles. The van der Waals surface area contributed by atoms with E-state index in [9.17, 15) is 4.79 Å². The molecule has 1 saturated heterocycles. The number of carbonyl (C=O) groups excluding carboxylic acids is 1. The van der Waals surface area contributed by atoms with Crippen LogP contribution in [0.3, 0.4) is 0 Å². The Morgan fingerprint density at radius 3 is 2.93 bits per heavy atom. The molecule has 0 spiro atoms. The average Bonchev–Trinajstić information content (AvgIpc) is 2.65. The molecule has 0 bridgehead atoms. The van der Waals surface area contributed by atoms with Gasteiger partial charge in [-0.25, -0.2) is 4.79 Å². The predicted molar refractivity (Wildman–Crippen MR) is 56.6 cm³/mol. The minimum Gasteiger partial charge on any atom is -0.464 e. The van der Waals surface area contributed by atoms with Crippen molar-refractivity contribution in [1.29, 1.82) is 0 Å². The van der Waals surface area contributed by atoms with Crippen molar-refractivity contribution < 1.29 is 9.21 Å². The van der Waals surface area contributed by atoms with Crippen LogP contribution in [-0.4, -0.2) is 24.0 Å². The maximum atomic E-state index is 11.6. The third-order valence-corrected chi connectivity index (χ3v) is 2.75. The molecule has 1 fully saturated rings. The van der Waals surface area contributed by atoms with Crippen molar-refractivity contribution in [2.24, 2.45) is 0 Å². The monoisotopic (exact) mass is 208 g/mol. The summed E-state index contributed by atoms with van der Waals surface area (Å²) in [4.78, 5) is 13.4. The van der Waals surface area contributed by atoms with Crippen LogP contribution in [0.1, 0.15) is 30.9 Å². The first-order chi connectivity index (χ1) is 7.18. The number of rotatable bonds is 2. The highest BCUT2D eigenvalue weighted by Crippen LogP contribution is 2.23. The fourth-order valence-corrected chi connectivity index (χ4v) is 1.85. The van der Waals surface area contributed by atoms with Gasteiger partial charge in [0.2, 0.25) is 0 Å². The molecule has 15 heavy (non-hydrogen) atoms. The Morgan fingerprint density at radius 2 is 2.33 bits per heavy atom. The minimum atomic E-state index is 0.00260. The highest BCUT2D eigenvalue weighted by molar-refractivity contribution is 5.75. The van der Waals surface area contributed by atoms with Gasteiger partial charge < -0.3 is 14.6 Å². The number of aryl methyl sites for hydroxylation is 1. The van der Waals surface area contributed by atoms with Gasteiger partial charge in [0, 0.05) is 13.1 Å². The summed E-state index contributed by atoms with van der Waals surface area (Å²) in [7, 11) is 0. The van der Waals surface area contributed by atoms with Gasteiger partial charge in [0.15, 0.2) is 0 Å². The number of urea groups is 1. The predicted octanol–water partition coefficient (Wildman–Crippen LogP) is 2.06. The third-order valence-electron chi connectivity index (χ3n) is 2.75. The SMILES string of the molecule is Cc1ccc(C(C)N2CCCNC2=O)o1. The minimum absolute atomic E-state index is 0.00260. The number of amides is 2. The van der Waals surface area contributed by atoms with E-state index >= 15 is 0 Å². The molecule has 1 aliphatic heterocycles. The van der Waals surface area contributed by atoms with E-state index in [-0.39, 0.29) is 12.1 Å². The maximum absolute atomic E-state index is 11.6. The highest BCUT2D eigenvalue weighted by Gasteiger charge is 2.25. The fourth-order valence-electron chi connectivity index (χ4n) is 1.85. The van der Waals surface area contributed by atoms with Crippen LogP contribution in [0.5, 0.6) is 0 Å². The zero-order chi connectivity index (χ0) is 10.8. The van der Waals surface area contributed by atoms with Crippen LogP contribution in [0, 0.1) is 6.92 Å². The van der Waals surface area contributed by atoms with Crippen LogP contribution in [0.4, 0.5) is 4.79 Å². The average molecular weight is 208 g/mol. The zero-order valence-corrected chi connectivity index (χ0v) is 9.12. The first-order valence-electron chi connectivity index (χ1n) is 5.29. The molecule has 2 amide bonds. The molecule has 4 nitrogen and oxygen atoms in total. The molecular formula is C11H16N2O2. The van der Waals surface area contributed by atoms with Crippen molar-refractivity contribution >= 4 is 6.03 Å². The van der Waals surface area contributed by atoms with Crippen molar-refractivity contribution in [3.05, 3.63) is 23.7 Å². The second-order valence-corrected chi connectivity index (χ2v) is 3.90. The Hall–Kier alpha value is -1.45. The fraction of sp³-hybridized carbons (Fsp3) is 0.545. The van der Waals surface area contributed by atoms with Crippen LogP contribution in [0.15, 0.2) is 16.5 Å². The summed E-state index contributed by atoms with van der Waals surface area (Å²) in [6.45, 7) is 5.47. The molecule has 1 aliphatic rings. The molecule has 0 radical (unpaired) electrons. The highest BCUT2D eigenvalue weighted by atomic mass is 16.3. The second kappa shape index (κ2) is 3.96. The molecule has 4 heteroatoms. The normalized spacial score (nSPS) is 18.8. The van der Waals surface area contributed by atoms with Gasteiger partial charge in [-0.05, 0) is 32.4 Å². The Morgan fingerprint density at radius 1 is 1.53 bits per heavy atom. The first-order valence-corrected chi connectivity index (χ1v) is 5.29. The van der Waals surface area contributed by atoms with Gasteiger partial charge in [-0.15, -0.1) is 0 Å². The summed E-state index contributed by atoms with van der Waals surface area (Å²) < 4.78 is 5.53. The van der Waals surface area contributed by atoms with Crippen molar-refractivity contribution in [3.63, 3.8) is 0 Å². The van der Waals surface area contributed by atoms with Gasteiger partial charge in [0.05, 0.1) is 6.04 Å². The number of nitrogens with zero attached hydrogens (tertiary/aromatic N) is 1. The Kier molecular flexibility index (Phi) is 2.66. The van der Waals surface area contributed by atoms with E-state index in [1.807, 2.05) is 30.9 Å². The van der Waals surface area contributed by atoms with E-state index in [0.717, 1.165) is 31.0 Å². The summed E-state index contributed by atoms with van der Waals surface area (Å²) >= 11 is 0. The van der Waals surface area contributed by atoms with Gasteiger partial charge in [-0.1, -0.05) is 0 Å². The number of hydrogen-bond acceptors (Lipinski definition) is 2. The van der Waals surface area contributed by atoms with Crippen molar-refractivity contribution in [3.8, 4) is 0 Å². The molecule has 0 saturated carbocycles. The number of nitrogens with one attached hydrogen (secondary N) is 1. The lowest BCUT2D eigenvalue weighted by Crippen LogP contribution is -2.47. The van der Waals surface area contributed by atoms with E-state index in [1.54, 1.807) is 0 Å². The molecule has 2 rings (SSSR count). The molecule has 1 aromatic heterocycles. The van der Waals surface area contributed by atoms with Crippen LogP contribution in [0.2, 0.25) is 0 Å². The lowest BCUT2D eigenvalue weighted by molar-refractivity contribution is 0.157. The quantitative estimate of drug-likeness (QED) is 0.808. The van der Waals surface area contributed by atoms with Gasteiger partial charge in [0.1, 0.15) is 11.5 Å². The Bertz CT molecular complexity index is 359. The van der Waals surface area contributed by atoms with E-state index in [1.165, 1.54) is 0 Å². The smallest absolute Gasteiger partial charge is 0.318 e. The lowest BCUT2D eigenvalue weighted by Gasteiger charge is -2.31. The molecule has 0 aliphatic carbocycles. The first kappa shape index (κ1) is 10.1. The molecule has 1 unspecified atom stereocenters. The molecule has 1 N–H and O–H groups in total. The number of hydrogen-bond donors (Lipinski definition) is 1. The van der Waals surface area contributed by atoms with Gasteiger partial charge in [-0.2, -0.15) is 0 Å². The topological polar surface area (TPSA) is 45.5 Å². The van der Waals surface area contributed by atoms with Crippen molar-refractivity contribution in [2.75, 3.05) is 13.1 Å². The van der Waals surface area contributed by atoms with Crippen LogP contribution >= 0.6 is 0 Å². The second-order valence-electron chi connectivity index (χ2n) is 3.90. The summed E-state index contributed by atoms with van der Waals surface area (Å²) in [5.74, 6) is 1.74. The lowest BCUT2D eigenvalue weighted by atomic mass is 10.2. The van der Waals surface area contributed by atoms with Crippen molar-refractivity contribution in [2.45, 2.75) is 26.3 Å². The summed E-state index contributed by atoms with van der Waals surface area (Å²) in [6, 6.07) is 3.87.